The molecule has 3 aromatic rings. The first-order chi connectivity index (χ1) is 12.6. The third-order valence-corrected chi connectivity index (χ3v) is 5.81. The maximum Gasteiger partial charge on any atom is 0.0916 e. The molecule has 0 bridgehead atoms. The second kappa shape index (κ2) is 7.39. The minimum Gasteiger partial charge on any atom is -0.387 e. The molecule has 0 saturated carbocycles. The van der Waals surface area contributed by atoms with Crippen molar-refractivity contribution in [3.8, 4) is 0 Å². The Morgan fingerprint density at radius 1 is 1.23 bits per heavy atom. The van der Waals surface area contributed by atoms with Crippen LogP contribution < -0.4 is 0 Å². The van der Waals surface area contributed by atoms with E-state index < -0.39 is 6.10 Å². The van der Waals surface area contributed by atoms with Crippen molar-refractivity contribution in [2.45, 2.75) is 31.8 Å². The number of aromatic amines is 1. The average Bonchev–Trinajstić information content (AvgIpc) is 3.09. The largest absolute Gasteiger partial charge is 0.387 e. The van der Waals surface area contributed by atoms with Gasteiger partial charge in [-0.25, -0.2) is 0 Å². The first-order valence-corrected chi connectivity index (χ1v) is 9.57. The van der Waals surface area contributed by atoms with Crippen LogP contribution in [0.5, 0.6) is 0 Å². The number of halogens is 1. The second-order valence-corrected chi connectivity index (χ2v) is 7.74. The summed E-state index contributed by atoms with van der Waals surface area (Å²) in [5, 5.41) is 19.5. The summed E-state index contributed by atoms with van der Waals surface area (Å²) < 4.78 is 0. The number of aliphatic hydroxyl groups excluding tert-OH is 1. The van der Waals surface area contributed by atoms with Crippen molar-refractivity contribution in [1.82, 2.24) is 15.1 Å². The lowest BCUT2D eigenvalue weighted by Crippen LogP contribution is -2.36. The minimum absolute atomic E-state index is 0.433. The van der Waals surface area contributed by atoms with Crippen molar-refractivity contribution in [2.75, 3.05) is 19.6 Å². The number of H-pyrrole nitrogens is 1. The maximum absolute atomic E-state index is 10.5. The first kappa shape index (κ1) is 17.5. The van der Waals surface area contributed by atoms with Crippen LogP contribution in [0.2, 0.25) is 5.02 Å². The Bertz CT molecular complexity index is 882. The number of nitrogens with zero attached hydrogens (tertiary/aromatic N) is 2. The molecule has 0 radical (unpaired) electrons. The zero-order valence-electron chi connectivity index (χ0n) is 15.0. The highest BCUT2D eigenvalue weighted by Gasteiger charge is 2.24. The van der Waals surface area contributed by atoms with Gasteiger partial charge in [0.25, 0.3) is 0 Å². The molecule has 1 aliphatic heterocycles. The Morgan fingerprint density at radius 3 is 2.69 bits per heavy atom. The summed E-state index contributed by atoms with van der Waals surface area (Å²) in [4.78, 5) is 2.35. The lowest BCUT2D eigenvalue weighted by atomic mass is 9.88. The third-order valence-electron chi connectivity index (χ3n) is 5.48. The smallest absolute Gasteiger partial charge is 0.0916 e. The molecule has 4 nitrogen and oxygen atoms in total. The zero-order chi connectivity index (χ0) is 18.1. The molecule has 2 N–H and O–H groups in total. The fraction of sp³-hybridized carbons (Fsp3) is 0.381. The van der Waals surface area contributed by atoms with E-state index in [1.165, 1.54) is 11.1 Å². The topological polar surface area (TPSA) is 52.1 Å². The maximum atomic E-state index is 10.5. The van der Waals surface area contributed by atoms with Gasteiger partial charge in [0.05, 0.1) is 17.8 Å². The Kier molecular flexibility index (Phi) is 4.98. The quantitative estimate of drug-likeness (QED) is 0.714. The molecule has 1 saturated heterocycles. The van der Waals surface area contributed by atoms with Gasteiger partial charge in [0, 0.05) is 17.0 Å². The van der Waals surface area contributed by atoms with Crippen molar-refractivity contribution in [3.05, 3.63) is 64.3 Å². The number of β-amino-alcohol motifs (C(OH)–C–C–N with tert-alkyl or cyclic N) is 1. The molecular weight excluding hydrogens is 346 g/mol. The fourth-order valence-electron chi connectivity index (χ4n) is 3.86. The summed E-state index contributed by atoms with van der Waals surface area (Å²) in [5.41, 5.74) is 4.46. The van der Waals surface area contributed by atoms with Crippen LogP contribution in [0.4, 0.5) is 0 Å². The predicted molar refractivity (Wildman–Crippen MR) is 106 cm³/mol. The summed E-state index contributed by atoms with van der Waals surface area (Å²) in [6.07, 6.45) is 3.48. The first-order valence-electron chi connectivity index (χ1n) is 9.19. The van der Waals surface area contributed by atoms with Crippen LogP contribution in [-0.2, 0) is 0 Å². The van der Waals surface area contributed by atoms with Gasteiger partial charge >= 0.3 is 0 Å². The van der Waals surface area contributed by atoms with Gasteiger partial charge in [-0.2, -0.15) is 5.10 Å². The molecule has 1 fully saturated rings. The molecule has 1 aliphatic rings. The van der Waals surface area contributed by atoms with Crippen molar-refractivity contribution in [1.29, 1.82) is 0 Å². The molecule has 0 unspecified atom stereocenters. The third kappa shape index (κ3) is 3.63. The number of fused-ring (bicyclic) bond motifs is 1. The minimum atomic E-state index is -0.433. The van der Waals surface area contributed by atoms with E-state index >= 15 is 0 Å². The molecule has 2 aromatic carbocycles. The number of rotatable bonds is 4. The lowest BCUT2D eigenvalue weighted by Gasteiger charge is -2.33. The van der Waals surface area contributed by atoms with E-state index in [4.69, 9.17) is 11.6 Å². The molecule has 4 rings (SSSR count). The van der Waals surface area contributed by atoms with Crippen LogP contribution in [0, 0.1) is 6.92 Å². The highest BCUT2D eigenvalue weighted by atomic mass is 35.5. The summed E-state index contributed by atoms with van der Waals surface area (Å²) in [7, 11) is 0. The van der Waals surface area contributed by atoms with Gasteiger partial charge < -0.3 is 10.0 Å². The molecule has 0 amide bonds. The van der Waals surface area contributed by atoms with Gasteiger partial charge in [-0.1, -0.05) is 41.4 Å². The Labute approximate surface area is 158 Å². The van der Waals surface area contributed by atoms with E-state index in [0.29, 0.717) is 12.5 Å². The zero-order valence-corrected chi connectivity index (χ0v) is 15.7. The van der Waals surface area contributed by atoms with Crippen LogP contribution in [-0.4, -0.2) is 39.8 Å². The normalized spacial score (nSPS) is 17.7. The lowest BCUT2D eigenvalue weighted by molar-refractivity contribution is 0.0973. The van der Waals surface area contributed by atoms with E-state index in [2.05, 4.69) is 40.2 Å². The fourth-order valence-corrected chi connectivity index (χ4v) is 4.18. The number of likely N-dealkylation sites (tertiary alicyclic amines) is 1. The van der Waals surface area contributed by atoms with Crippen molar-refractivity contribution in [3.63, 3.8) is 0 Å². The van der Waals surface area contributed by atoms with Crippen molar-refractivity contribution >= 4 is 22.5 Å². The Hall–Kier alpha value is -1.88. The number of piperidine rings is 1. The number of nitrogens with one attached hydrogen (secondary N) is 1. The van der Waals surface area contributed by atoms with Gasteiger partial charge in [-0.15, -0.1) is 0 Å². The van der Waals surface area contributed by atoms with Gasteiger partial charge in [0.1, 0.15) is 0 Å². The number of hydrogen-bond acceptors (Lipinski definition) is 3. The second-order valence-electron chi connectivity index (χ2n) is 7.33. The van der Waals surface area contributed by atoms with Crippen LogP contribution >= 0.6 is 11.6 Å². The molecule has 2 heterocycles. The monoisotopic (exact) mass is 369 g/mol. The van der Waals surface area contributed by atoms with Crippen molar-refractivity contribution < 1.29 is 5.11 Å². The molecular formula is C21H24ClN3O. The molecule has 136 valence electrons. The Morgan fingerprint density at radius 2 is 1.96 bits per heavy atom. The SMILES string of the molecule is Cc1ccc([C@@H](O)CN2CCC(c3cc4[nH]ncc4cc3Cl)CC2)cc1. The summed E-state index contributed by atoms with van der Waals surface area (Å²) in [6, 6.07) is 12.3. The van der Waals surface area contributed by atoms with E-state index in [1.807, 2.05) is 18.2 Å². The predicted octanol–water partition coefficient (Wildman–Crippen LogP) is 4.44. The van der Waals surface area contributed by atoms with Gasteiger partial charge in [0.15, 0.2) is 0 Å². The number of hydrogen-bond donors (Lipinski definition) is 2. The number of aromatic nitrogens is 2. The van der Waals surface area contributed by atoms with Crippen LogP contribution in [0.1, 0.15) is 41.6 Å². The van der Waals surface area contributed by atoms with Crippen LogP contribution in [0.3, 0.4) is 0 Å². The van der Waals surface area contributed by atoms with Gasteiger partial charge in [-0.05, 0) is 62.0 Å². The van der Waals surface area contributed by atoms with E-state index in [9.17, 15) is 5.11 Å². The van der Waals surface area contributed by atoms with E-state index in [-0.39, 0.29) is 0 Å². The summed E-state index contributed by atoms with van der Waals surface area (Å²) in [6.45, 7) is 4.70. The molecule has 26 heavy (non-hydrogen) atoms. The number of aliphatic hydroxyl groups is 1. The van der Waals surface area contributed by atoms with Crippen molar-refractivity contribution in [2.24, 2.45) is 0 Å². The standard InChI is InChI=1S/C21H24ClN3O/c1-14-2-4-16(5-3-14)21(26)13-25-8-6-15(7-9-25)18-11-20-17(10-19(18)22)12-23-24-20/h2-5,10-12,15,21,26H,6-9,13H2,1H3,(H,23,24)/t21-/m0/s1. The number of aryl methyl sites for hydroxylation is 1. The average molecular weight is 370 g/mol. The Balaban J connectivity index is 1.38. The van der Waals surface area contributed by atoms with Gasteiger partial charge in [-0.3, -0.25) is 5.10 Å². The molecule has 0 aliphatic carbocycles. The van der Waals surface area contributed by atoms with Crippen LogP contribution in [0.15, 0.2) is 42.6 Å². The van der Waals surface area contributed by atoms with Gasteiger partial charge in [0.2, 0.25) is 0 Å². The number of benzene rings is 2. The summed E-state index contributed by atoms with van der Waals surface area (Å²) >= 11 is 6.51. The molecule has 1 aromatic heterocycles. The van der Waals surface area contributed by atoms with Crippen LogP contribution in [0.25, 0.3) is 10.9 Å². The summed E-state index contributed by atoms with van der Waals surface area (Å²) in [5.74, 6) is 0.461. The van der Waals surface area contributed by atoms with E-state index in [0.717, 1.165) is 47.4 Å². The van der Waals surface area contributed by atoms with E-state index in [1.54, 1.807) is 6.20 Å². The molecule has 1 atom stereocenters. The molecule has 0 spiro atoms. The molecule has 5 heteroatoms. The highest BCUT2D eigenvalue weighted by Crippen LogP contribution is 2.35. The highest BCUT2D eigenvalue weighted by molar-refractivity contribution is 6.32.